The zero-order valence-corrected chi connectivity index (χ0v) is 16.6. The van der Waals surface area contributed by atoms with Gasteiger partial charge in [-0.2, -0.15) is 0 Å². The third-order valence-electron chi connectivity index (χ3n) is 4.13. The molecule has 3 aromatic rings. The van der Waals surface area contributed by atoms with Crippen LogP contribution in [0.4, 0.5) is 0 Å². The van der Waals surface area contributed by atoms with Crippen molar-refractivity contribution in [1.29, 1.82) is 0 Å². The maximum absolute atomic E-state index is 13.0. The zero-order valence-electron chi connectivity index (χ0n) is 15.0. The van der Waals surface area contributed by atoms with Gasteiger partial charge in [-0.1, -0.05) is 11.6 Å². The van der Waals surface area contributed by atoms with Gasteiger partial charge in [0.15, 0.2) is 11.2 Å². The number of hydrogen-bond donors (Lipinski definition) is 0. The predicted octanol–water partition coefficient (Wildman–Crippen LogP) is 3.69. The number of pyridine rings is 2. The predicted molar refractivity (Wildman–Crippen MR) is 107 cm³/mol. The Morgan fingerprint density at radius 3 is 2.56 bits per heavy atom. The lowest BCUT2D eigenvalue weighted by atomic mass is 10.1. The van der Waals surface area contributed by atoms with Crippen LogP contribution in [0.2, 0.25) is 5.02 Å². The minimum absolute atomic E-state index is 0.149. The van der Waals surface area contributed by atoms with E-state index in [1.165, 1.54) is 24.8 Å². The summed E-state index contributed by atoms with van der Waals surface area (Å²) >= 11 is 7.70. The molecule has 0 spiro atoms. The summed E-state index contributed by atoms with van der Waals surface area (Å²) in [4.78, 5) is 42.0. The number of nitrogens with zero attached hydrogens (tertiary/aromatic N) is 2. The molecular weight excluding hydrogens is 388 g/mol. The van der Waals surface area contributed by atoms with E-state index in [-0.39, 0.29) is 35.7 Å². The summed E-state index contributed by atoms with van der Waals surface area (Å²) in [6, 6.07) is 6.38. The van der Waals surface area contributed by atoms with Gasteiger partial charge in [-0.15, -0.1) is 11.8 Å². The van der Waals surface area contributed by atoms with Crippen LogP contribution in [0.25, 0.3) is 21.9 Å². The number of fused-ring (bicyclic) bond motifs is 2. The van der Waals surface area contributed by atoms with Gasteiger partial charge in [0.2, 0.25) is 0 Å². The van der Waals surface area contributed by atoms with Crippen LogP contribution in [0, 0.1) is 0 Å². The standard InChI is InChI=1S/C19H17ClN2O4S/c1-4-26-15(24)9-22-16-11(5-7-13(20)18(16)27-3)17(25)12-6-8-14(10(2)23)21-19(12)22/h5-8H,4,9H2,1-3H3. The molecule has 0 aliphatic rings. The minimum Gasteiger partial charge on any atom is -0.465 e. The monoisotopic (exact) mass is 404 g/mol. The van der Waals surface area contributed by atoms with Crippen LogP contribution >= 0.6 is 23.4 Å². The van der Waals surface area contributed by atoms with E-state index in [2.05, 4.69) is 4.98 Å². The van der Waals surface area contributed by atoms with Crippen molar-refractivity contribution in [2.75, 3.05) is 12.9 Å². The summed E-state index contributed by atoms with van der Waals surface area (Å²) in [7, 11) is 0. The molecule has 8 heteroatoms. The van der Waals surface area contributed by atoms with Crippen molar-refractivity contribution in [2.45, 2.75) is 25.3 Å². The van der Waals surface area contributed by atoms with Gasteiger partial charge in [-0.25, -0.2) is 4.98 Å². The topological polar surface area (TPSA) is 78.3 Å². The Morgan fingerprint density at radius 2 is 1.93 bits per heavy atom. The molecule has 0 fully saturated rings. The fraction of sp³-hybridized carbons (Fsp3) is 0.263. The van der Waals surface area contributed by atoms with E-state index in [0.717, 1.165) is 0 Å². The number of rotatable bonds is 5. The van der Waals surface area contributed by atoms with Crippen LogP contribution in [0.15, 0.2) is 34.0 Å². The van der Waals surface area contributed by atoms with Crippen molar-refractivity contribution in [3.8, 4) is 0 Å². The van der Waals surface area contributed by atoms with E-state index in [1.807, 2.05) is 6.26 Å². The van der Waals surface area contributed by atoms with E-state index < -0.39 is 5.97 Å². The van der Waals surface area contributed by atoms with Crippen molar-refractivity contribution in [2.24, 2.45) is 0 Å². The second-order valence-corrected chi connectivity index (χ2v) is 7.04. The molecule has 0 radical (unpaired) electrons. The Morgan fingerprint density at radius 1 is 1.22 bits per heavy atom. The average Bonchev–Trinajstić information content (AvgIpc) is 2.64. The van der Waals surface area contributed by atoms with Gasteiger partial charge in [0.1, 0.15) is 17.9 Å². The first-order valence-electron chi connectivity index (χ1n) is 8.25. The van der Waals surface area contributed by atoms with Crippen LogP contribution in [0.3, 0.4) is 0 Å². The Hall–Kier alpha value is -2.38. The zero-order chi connectivity index (χ0) is 19.7. The fourth-order valence-corrected chi connectivity index (χ4v) is 4.02. The highest BCUT2D eigenvalue weighted by Gasteiger charge is 2.20. The molecule has 0 saturated heterocycles. The van der Waals surface area contributed by atoms with E-state index in [9.17, 15) is 14.4 Å². The lowest BCUT2D eigenvalue weighted by molar-refractivity contribution is -0.143. The number of ketones is 1. The summed E-state index contributed by atoms with van der Waals surface area (Å²) in [5.41, 5.74) is 0.751. The molecule has 0 bridgehead atoms. The van der Waals surface area contributed by atoms with Gasteiger partial charge in [0, 0.05) is 12.3 Å². The van der Waals surface area contributed by atoms with Crippen molar-refractivity contribution in [3.05, 3.63) is 45.2 Å². The number of carbonyl (C=O) groups is 2. The fourth-order valence-electron chi connectivity index (χ4n) is 2.96. The molecule has 27 heavy (non-hydrogen) atoms. The first-order chi connectivity index (χ1) is 12.9. The second-order valence-electron chi connectivity index (χ2n) is 5.82. The van der Waals surface area contributed by atoms with Gasteiger partial charge >= 0.3 is 5.97 Å². The van der Waals surface area contributed by atoms with Crippen LogP contribution in [-0.2, 0) is 16.1 Å². The Labute approximate surface area is 164 Å². The van der Waals surface area contributed by atoms with Crippen molar-refractivity contribution < 1.29 is 14.3 Å². The smallest absolute Gasteiger partial charge is 0.326 e. The molecule has 0 N–H and O–H groups in total. The van der Waals surface area contributed by atoms with Crippen LogP contribution in [0.5, 0.6) is 0 Å². The van der Waals surface area contributed by atoms with Crippen LogP contribution in [0.1, 0.15) is 24.3 Å². The van der Waals surface area contributed by atoms with Gasteiger partial charge in [-0.3, -0.25) is 14.4 Å². The normalized spacial score (nSPS) is 11.1. The average molecular weight is 405 g/mol. The van der Waals surface area contributed by atoms with E-state index in [0.29, 0.717) is 26.2 Å². The SMILES string of the molecule is CCOC(=O)Cn1c2nc(C(C)=O)ccc2c(=O)c2ccc(Cl)c(SC)c21. The van der Waals surface area contributed by atoms with Crippen molar-refractivity contribution in [1.82, 2.24) is 9.55 Å². The highest BCUT2D eigenvalue weighted by molar-refractivity contribution is 7.99. The van der Waals surface area contributed by atoms with E-state index in [1.54, 1.807) is 29.7 Å². The number of Topliss-reactive ketones (excluding diaryl/α,β-unsaturated/α-hetero) is 1. The molecule has 0 atom stereocenters. The molecule has 0 aliphatic carbocycles. The quantitative estimate of drug-likeness (QED) is 0.279. The second kappa shape index (κ2) is 7.70. The molecule has 6 nitrogen and oxygen atoms in total. The van der Waals surface area contributed by atoms with Crippen molar-refractivity contribution in [3.63, 3.8) is 0 Å². The molecule has 140 valence electrons. The number of thioether (sulfide) groups is 1. The van der Waals surface area contributed by atoms with Gasteiger partial charge in [-0.05, 0) is 37.4 Å². The molecule has 3 rings (SSSR count). The first-order valence-corrected chi connectivity index (χ1v) is 9.85. The van der Waals surface area contributed by atoms with Gasteiger partial charge in [0.25, 0.3) is 0 Å². The van der Waals surface area contributed by atoms with Crippen LogP contribution < -0.4 is 5.43 Å². The van der Waals surface area contributed by atoms with E-state index in [4.69, 9.17) is 16.3 Å². The number of halogens is 1. The number of aromatic nitrogens is 2. The Kier molecular flexibility index (Phi) is 5.53. The summed E-state index contributed by atoms with van der Waals surface area (Å²) in [5, 5.41) is 1.22. The highest BCUT2D eigenvalue weighted by atomic mass is 35.5. The maximum Gasteiger partial charge on any atom is 0.326 e. The molecule has 0 amide bonds. The molecule has 2 aromatic heterocycles. The number of hydrogen-bond acceptors (Lipinski definition) is 6. The Bertz CT molecular complexity index is 1140. The number of benzene rings is 1. The third kappa shape index (κ3) is 3.44. The lowest BCUT2D eigenvalue weighted by Gasteiger charge is -2.17. The molecule has 2 heterocycles. The van der Waals surface area contributed by atoms with Gasteiger partial charge in [0.05, 0.1) is 27.4 Å². The largest absolute Gasteiger partial charge is 0.465 e. The molecule has 0 unspecified atom stereocenters. The number of esters is 1. The lowest BCUT2D eigenvalue weighted by Crippen LogP contribution is -2.20. The highest BCUT2D eigenvalue weighted by Crippen LogP contribution is 2.33. The van der Waals surface area contributed by atoms with Crippen molar-refractivity contribution >= 4 is 57.1 Å². The summed E-state index contributed by atoms with van der Waals surface area (Å²) in [5.74, 6) is -0.700. The number of ether oxygens (including phenoxy) is 1. The molecular formula is C19H17ClN2O4S. The summed E-state index contributed by atoms with van der Waals surface area (Å²) < 4.78 is 6.69. The Balaban J connectivity index is 2.51. The van der Waals surface area contributed by atoms with E-state index >= 15 is 0 Å². The first kappa shape index (κ1) is 19.4. The van der Waals surface area contributed by atoms with Gasteiger partial charge < -0.3 is 9.30 Å². The molecule has 0 aliphatic heterocycles. The molecule has 0 saturated carbocycles. The molecule has 1 aromatic carbocycles. The maximum atomic E-state index is 13.0. The third-order valence-corrected chi connectivity index (χ3v) is 5.38. The van der Waals surface area contributed by atoms with Crippen LogP contribution in [-0.4, -0.2) is 34.2 Å². The number of carbonyl (C=O) groups excluding carboxylic acids is 2. The summed E-state index contributed by atoms with van der Waals surface area (Å²) in [6.07, 6.45) is 1.84. The summed E-state index contributed by atoms with van der Waals surface area (Å²) in [6.45, 7) is 3.20. The minimum atomic E-state index is -0.467.